The molecule has 0 aromatic heterocycles. The van der Waals surface area contributed by atoms with Crippen molar-refractivity contribution in [3.05, 3.63) is 11.1 Å². The van der Waals surface area contributed by atoms with Crippen molar-refractivity contribution < 1.29 is 19.8 Å². The molecule has 2 heterocycles. The summed E-state index contributed by atoms with van der Waals surface area (Å²) >= 11 is 1.56. The van der Waals surface area contributed by atoms with Gasteiger partial charge < -0.3 is 10.2 Å². The second-order valence-electron chi connectivity index (χ2n) is 4.66. The van der Waals surface area contributed by atoms with Crippen LogP contribution >= 0.6 is 11.8 Å². The third-order valence-corrected chi connectivity index (χ3v) is 6.23. The van der Waals surface area contributed by atoms with Crippen LogP contribution in [0.2, 0.25) is 0 Å². The summed E-state index contributed by atoms with van der Waals surface area (Å²) in [5.74, 6) is -2.13. The Morgan fingerprint density at radius 1 is 1.06 bits per heavy atom. The van der Waals surface area contributed by atoms with Crippen LogP contribution < -0.4 is 0 Å². The number of carboxylic acids is 2. The largest absolute Gasteiger partial charge is 0.478 e. The molecule has 0 spiro atoms. The van der Waals surface area contributed by atoms with Gasteiger partial charge in [-0.15, -0.1) is 11.8 Å². The smallest absolute Gasteiger partial charge is 0.333 e. The van der Waals surface area contributed by atoms with Crippen molar-refractivity contribution in [2.24, 2.45) is 0 Å². The highest BCUT2D eigenvalue weighted by Crippen LogP contribution is 2.66. The fourth-order valence-corrected chi connectivity index (χ4v) is 5.17. The average Bonchev–Trinajstić information content (AvgIpc) is 2.80. The number of aliphatic carboxylic acids is 2. The summed E-state index contributed by atoms with van der Waals surface area (Å²) < 4.78 is -0.953. The Bertz CT molecular complexity index is 390. The highest BCUT2D eigenvalue weighted by Gasteiger charge is 2.62. The topological polar surface area (TPSA) is 74.6 Å². The number of hydrogen-bond donors (Lipinski definition) is 2. The summed E-state index contributed by atoms with van der Waals surface area (Å²) in [6, 6.07) is 0. The van der Waals surface area contributed by atoms with Crippen LogP contribution in [-0.2, 0) is 9.59 Å². The summed E-state index contributed by atoms with van der Waals surface area (Å²) in [6.45, 7) is 3.87. The van der Waals surface area contributed by atoms with Gasteiger partial charge in [0.1, 0.15) is 0 Å². The van der Waals surface area contributed by atoms with Gasteiger partial charge in [0, 0.05) is 9.49 Å². The summed E-state index contributed by atoms with van der Waals surface area (Å²) in [6.07, 6.45) is 2.91. The maximum absolute atomic E-state index is 11.4. The maximum atomic E-state index is 11.4. The molecule has 0 aromatic carbocycles. The third kappa shape index (κ3) is 1.44. The van der Waals surface area contributed by atoms with Gasteiger partial charge in [-0.2, -0.15) is 0 Å². The molecule has 0 amide bonds. The first-order valence-electron chi connectivity index (χ1n) is 5.84. The highest BCUT2D eigenvalue weighted by molar-refractivity contribution is 8.03. The van der Waals surface area contributed by atoms with Crippen LogP contribution in [-0.4, -0.2) is 31.6 Å². The SMILES string of the molecule is CCC12CCC(CC)(S1)C(C(=O)O)=C2C(=O)O. The molecule has 2 rings (SSSR count). The predicted molar refractivity (Wildman–Crippen MR) is 65.2 cm³/mol. The Labute approximate surface area is 104 Å². The third-order valence-electron chi connectivity index (χ3n) is 4.05. The Kier molecular flexibility index (Phi) is 2.77. The number of hydrogen-bond acceptors (Lipinski definition) is 3. The first-order chi connectivity index (χ1) is 7.92. The van der Waals surface area contributed by atoms with Crippen molar-refractivity contribution in [3.63, 3.8) is 0 Å². The van der Waals surface area contributed by atoms with Crippen molar-refractivity contribution in [2.45, 2.75) is 49.0 Å². The first kappa shape index (κ1) is 12.5. The Hall–Kier alpha value is -0.970. The zero-order chi connectivity index (χ0) is 12.8. The monoisotopic (exact) mass is 256 g/mol. The second-order valence-corrected chi connectivity index (χ2v) is 6.43. The number of carboxylic acid groups (broad SMARTS) is 2. The Morgan fingerprint density at radius 2 is 1.41 bits per heavy atom. The molecule has 2 aliphatic heterocycles. The van der Waals surface area contributed by atoms with E-state index in [1.807, 2.05) is 13.8 Å². The molecule has 94 valence electrons. The van der Waals surface area contributed by atoms with Crippen molar-refractivity contribution in [1.29, 1.82) is 0 Å². The molecule has 2 unspecified atom stereocenters. The second kappa shape index (κ2) is 3.77. The van der Waals surface area contributed by atoms with Gasteiger partial charge in [-0.1, -0.05) is 13.8 Å². The van der Waals surface area contributed by atoms with Crippen LogP contribution in [0.1, 0.15) is 39.5 Å². The van der Waals surface area contributed by atoms with Crippen LogP contribution in [0, 0.1) is 0 Å². The van der Waals surface area contributed by atoms with Crippen molar-refractivity contribution in [3.8, 4) is 0 Å². The summed E-state index contributed by atoms with van der Waals surface area (Å²) in [5, 5.41) is 18.7. The van der Waals surface area contributed by atoms with E-state index in [0.717, 1.165) is 12.8 Å². The fraction of sp³-hybridized carbons (Fsp3) is 0.667. The minimum Gasteiger partial charge on any atom is -0.478 e. The molecule has 1 saturated heterocycles. The lowest BCUT2D eigenvalue weighted by Crippen LogP contribution is -2.33. The molecule has 0 saturated carbocycles. The van der Waals surface area contributed by atoms with Crippen molar-refractivity contribution >= 4 is 23.7 Å². The van der Waals surface area contributed by atoms with Crippen molar-refractivity contribution in [1.82, 2.24) is 0 Å². The number of thioether (sulfide) groups is 1. The van der Waals surface area contributed by atoms with Crippen LogP contribution in [0.3, 0.4) is 0 Å². The van der Waals surface area contributed by atoms with E-state index in [-0.39, 0.29) is 11.1 Å². The number of rotatable bonds is 4. The molecule has 5 heteroatoms. The summed E-state index contributed by atoms with van der Waals surface area (Å²) in [4.78, 5) is 22.8. The summed E-state index contributed by atoms with van der Waals surface area (Å²) in [5.41, 5.74) is 0.288. The molecule has 2 bridgehead atoms. The van der Waals surface area contributed by atoms with E-state index in [1.165, 1.54) is 0 Å². The minimum atomic E-state index is -1.06. The standard InChI is InChI=1S/C12H16O4S/c1-3-11-5-6-12(4-2,17-11)8(10(15)16)7(11)9(13)14/h3-6H2,1-2H3,(H,13,14)(H,15,16). The molecule has 2 aliphatic rings. The van der Waals surface area contributed by atoms with Gasteiger partial charge in [0.05, 0.1) is 11.1 Å². The van der Waals surface area contributed by atoms with Gasteiger partial charge in [0.25, 0.3) is 0 Å². The molecular weight excluding hydrogens is 240 g/mol. The van der Waals surface area contributed by atoms with E-state index >= 15 is 0 Å². The normalized spacial score (nSPS) is 35.4. The van der Waals surface area contributed by atoms with E-state index < -0.39 is 21.4 Å². The van der Waals surface area contributed by atoms with Gasteiger partial charge in [0.2, 0.25) is 0 Å². The molecule has 1 fully saturated rings. The molecule has 0 radical (unpaired) electrons. The lowest BCUT2D eigenvalue weighted by molar-refractivity contribution is -0.136. The van der Waals surface area contributed by atoms with Crippen LogP contribution in [0.15, 0.2) is 11.1 Å². The lowest BCUT2D eigenvalue weighted by Gasteiger charge is -2.26. The van der Waals surface area contributed by atoms with Gasteiger partial charge in [-0.25, -0.2) is 9.59 Å². The van der Waals surface area contributed by atoms with Gasteiger partial charge in [-0.05, 0) is 25.7 Å². The molecular formula is C12H16O4S. The van der Waals surface area contributed by atoms with E-state index in [0.29, 0.717) is 12.8 Å². The molecule has 0 aliphatic carbocycles. The Morgan fingerprint density at radius 3 is 1.65 bits per heavy atom. The van der Waals surface area contributed by atoms with E-state index in [1.54, 1.807) is 11.8 Å². The zero-order valence-electron chi connectivity index (χ0n) is 9.95. The molecule has 2 atom stereocenters. The van der Waals surface area contributed by atoms with Gasteiger partial charge in [0.15, 0.2) is 0 Å². The minimum absolute atomic E-state index is 0.144. The number of fused-ring (bicyclic) bond motifs is 2. The molecule has 4 nitrogen and oxygen atoms in total. The molecule has 17 heavy (non-hydrogen) atoms. The van der Waals surface area contributed by atoms with Gasteiger partial charge in [-0.3, -0.25) is 0 Å². The van der Waals surface area contributed by atoms with Crippen LogP contribution in [0.5, 0.6) is 0 Å². The van der Waals surface area contributed by atoms with Gasteiger partial charge >= 0.3 is 11.9 Å². The zero-order valence-corrected chi connectivity index (χ0v) is 10.8. The number of carbonyl (C=O) groups is 2. The maximum Gasteiger partial charge on any atom is 0.333 e. The summed E-state index contributed by atoms with van der Waals surface area (Å²) in [7, 11) is 0. The lowest BCUT2D eigenvalue weighted by atomic mass is 9.74. The predicted octanol–water partition coefficient (Wildman–Crippen LogP) is 2.29. The van der Waals surface area contributed by atoms with Crippen molar-refractivity contribution in [2.75, 3.05) is 0 Å². The van der Waals surface area contributed by atoms with E-state index in [9.17, 15) is 19.8 Å². The fourth-order valence-electron chi connectivity index (χ4n) is 3.14. The Balaban J connectivity index is 2.66. The first-order valence-corrected chi connectivity index (χ1v) is 6.66. The van der Waals surface area contributed by atoms with E-state index in [2.05, 4.69) is 0 Å². The van der Waals surface area contributed by atoms with E-state index in [4.69, 9.17) is 0 Å². The average molecular weight is 256 g/mol. The molecule has 2 N–H and O–H groups in total. The highest BCUT2D eigenvalue weighted by atomic mass is 32.2. The van der Waals surface area contributed by atoms with Crippen LogP contribution in [0.4, 0.5) is 0 Å². The van der Waals surface area contributed by atoms with Crippen LogP contribution in [0.25, 0.3) is 0 Å². The molecule has 0 aromatic rings. The quantitative estimate of drug-likeness (QED) is 0.807.